The van der Waals surface area contributed by atoms with Crippen molar-refractivity contribution in [3.8, 4) is 11.1 Å². The summed E-state index contributed by atoms with van der Waals surface area (Å²) in [6.45, 7) is 1.02. The van der Waals surface area contributed by atoms with Crippen molar-refractivity contribution in [2.45, 2.75) is 23.8 Å². The van der Waals surface area contributed by atoms with Gasteiger partial charge in [-0.1, -0.05) is 34.5 Å². The van der Waals surface area contributed by atoms with Crippen molar-refractivity contribution in [1.82, 2.24) is 19.6 Å². The third-order valence-corrected chi connectivity index (χ3v) is 6.72. The molecule has 1 aliphatic rings. The summed E-state index contributed by atoms with van der Waals surface area (Å²) in [7, 11) is -3.54. The van der Waals surface area contributed by atoms with Gasteiger partial charge in [-0.15, -0.1) is 4.72 Å². The van der Waals surface area contributed by atoms with Crippen molar-refractivity contribution in [1.29, 1.82) is 0 Å². The monoisotopic (exact) mass is 422 g/mol. The largest absolute Gasteiger partial charge is 0.593 e. The molecule has 0 spiro atoms. The van der Waals surface area contributed by atoms with Crippen LogP contribution in [0.5, 0.6) is 0 Å². The van der Waals surface area contributed by atoms with Gasteiger partial charge in [0.25, 0.3) is 5.91 Å². The molecule has 4 rings (SSSR count). The number of benzene rings is 2. The second-order valence-corrected chi connectivity index (χ2v) is 8.92. The van der Waals surface area contributed by atoms with E-state index in [2.05, 4.69) is 14.7 Å². The lowest BCUT2D eigenvalue weighted by atomic mass is 10.0. The first-order valence-corrected chi connectivity index (χ1v) is 11.2. The fourth-order valence-corrected chi connectivity index (χ4v) is 4.85. The Labute approximate surface area is 176 Å². The summed E-state index contributed by atoms with van der Waals surface area (Å²) in [5.41, 5.74) is 2.45. The Morgan fingerprint density at radius 1 is 0.967 bits per heavy atom. The van der Waals surface area contributed by atoms with E-state index in [9.17, 15) is 13.6 Å². The Hall–Kier alpha value is -2.94. The van der Waals surface area contributed by atoms with Gasteiger partial charge < -0.3 is 9.45 Å². The molecule has 154 valence electrons. The van der Waals surface area contributed by atoms with E-state index in [0.717, 1.165) is 11.1 Å². The number of carbonyl (C=O) groups excluding carboxylic acids is 1. The predicted molar refractivity (Wildman–Crippen MR) is 113 cm³/mol. The molecule has 2 heterocycles. The summed E-state index contributed by atoms with van der Waals surface area (Å²) in [5.74, 6) is -0.0461. The van der Waals surface area contributed by atoms with E-state index in [4.69, 9.17) is 0 Å². The van der Waals surface area contributed by atoms with Gasteiger partial charge in [-0.2, -0.15) is 0 Å². The first-order valence-electron chi connectivity index (χ1n) is 9.75. The summed E-state index contributed by atoms with van der Waals surface area (Å²) in [6, 6.07) is 15.5. The van der Waals surface area contributed by atoms with E-state index in [1.165, 1.54) is 6.33 Å². The number of likely N-dealkylation sites (tertiary alicyclic amines) is 1. The van der Waals surface area contributed by atoms with Gasteiger partial charge >= 0.3 is 0 Å². The Bertz CT molecular complexity index is 1040. The van der Waals surface area contributed by atoms with Gasteiger partial charge in [0.2, 0.25) is 0 Å². The molecular weight excluding hydrogens is 400 g/mol. The van der Waals surface area contributed by atoms with Gasteiger partial charge in [0.15, 0.2) is 15.3 Å². The lowest BCUT2D eigenvalue weighted by Crippen LogP contribution is -2.48. The van der Waals surface area contributed by atoms with Crippen molar-refractivity contribution in [2.24, 2.45) is 0 Å². The van der Waals surface area contributed by atoms with E-state index < -0.39 is 10.4 Å². The maximum Gasteiger partial charge on any atom is 0.253 e. The number of sulfonamides is 1. The lowest BCUT2D eigenvalue weighted by Gasteiger charge is -2.33. The van der Waals surface area contributed by atoms with Crippen molar-refractivity contribution in [3.63, 3.8) is 0 Å². The van der Waals surface area contributed by atoms with Crippen LogP contribution in [0.15, 0.2) is 78.2 Å². The summed E-state index contributed by atoms with van der Waals surface area (Å²) in [6.07, 6.45) is 6.09. The van der Waals surface area contributed by atoms with Crippen LogP contribution in [0.2, 0.25) is 0 Å². The highest BCUT2D eigenvalue weighted by molar-refractivity contribution is 7.95. The highest BCUT2D eigenvalue weighted by Gasteiger charge is 2.29. The van der Waals surface area contributed by atoms with Crippen LogP contribution in [0.3, 0.4) is 0 Å². The summed E-state index contributed by atoms with van der Waals surface area (Å²) >= 11 is 0. The third-order valence-electron chi connectivity index (χ3n) is 5.18. The molecule has 1 aromatic heterocycles. The highest BCUT2D eigenvalue weighted by Crippen LogP contribution is 2.21. The normalized spacial score (nSPS) is 16.8. The molecule has 1 atom stereocenters. The van der Waals surface area contributed by atoms with Crippen LogP contribution in [0, 0.1) is 0 Å². The van der Waals surface area contributed by atoms with Crippen molar-refractivity contribution in [2.75, 3.05) is 13.1 Å². The molecule has 30 heavy (non-hydrogen) atoms. The zero-order valence-electron chi connectivity index (χ0n) is 16.3. The molecule has 1 saturated heterocycles. The molecule has 8 heteroatoms. The van der Waals surface area contributed by atoms with Crippen LogP contribution < -0.4 is 4.72 Å². The number of carbonyl (C=O) groups is 1. The van der Waals surface area contributed by atoms with E-state index in [-0.39, 0.29) is 16.8 Å². The number of piperidine rings is 1. The van der Waals surface area contributed by atoms with Crippen LogP contribution >= 0.6 is 0 Å². The molecule has 7 nitrogen and oxygen atoms in total. The van der Waals surface area contributed by atoms with Gasteiger partial charge in [0.05, 0.1) is 6.04 Å². The topological polar surface area (TPSA) is 98.2 Å². The Morgan fingerprint density at radius 3 is 2.23 bits per heavy atom. The smallest absolute Gasteiger partial charge is 0.253 e. The summed E-state index contributed by atoms with van der Waals surface area (Å²) < 4.78 is 27.7. The van der Waals surface area contributed by atoms with Crippen molar-refractivity contribution < 1.29 is 13.6 Å². The summed E-state index contributed by atoms with van der Waals surface area (Å²) in [5, 5.41) is 0. The van der Waals surface area contributed by atoms with E-state index >= 15 is 0 Å². The second-order valence-electron chi connectivity index (χ2n) is 7.21. The molecule has 2 aromatic carbocycles. The predicted octanol–water partition coefficient (Wildman–Crippen LogP) is 2.94. The van der Waals surface area contributed by atoms with Crippen LogP contribution in [0.1, 0.15) is 23.2 Å². The van der Waals surface area contributed by atoms with Gasteiger partial charge in [-0.05, 0) is 42.7 Å². The maximum absolute atomic E-state index is 12.8. The maximum atomic E-state index is 12.8. The third kappa shape index (κ3) is 4.62. The number of aromatic nitrogens is 2. The lowest BCUT2D eigenvalue weighted by molar-refractivity contribution is 0.0711. The van der Waals surface area contributed by atoms with E-state index in [1.807, 2.05) is 12.1 Å². The minimum absolute atomic E-state index is 0.0461. The zero-order valence-corrected chi connectivity index (χ0v) is 17.1. The number of amides is 1. The summed E-state index contributed by atoms with van der Waals surface area (Å²) in [4.78, 5) is 22.9. The molecule has 0 radical (unpaired) electrons. The number of rotatable bonds is 5. The van der Waals surface area contributed by atoms with Crippen LogP contribution in [-0.4, -0.2) is 44.5 Å². The minimum atomic E-state index is -3.54. The zero-order chi connectivity index (χ0) is 21.0. The molecule has 1 fully saturated rings. The highest BCUT2D eigenvalue weighted by atomic mass is 32.3. The first-order chi connectivity index (χ1) is 14.5. The molecule has 1 amide bonds. The quantitative estimate of drug-likeness (QED) is 0.638. The number of hydrogen-bond donors (Lipinski definition) is 1. The molecule has 1 aliphatic heterocycles. The second kappa shape index (κ2) is 8.83. The fraction of sp³-hybridized carbons (Fsp3) is 0.227. The molecule has 1 unspecified atom stereocenters. The molecule has 0 saturated carbocycles. The molecular formula is C22H22N4O3S. The number of nitrogens with one attached hydrogen (secondary N) is 1. The van der Waals surface area contributed by atoms with Gasteiger partial charge in [0, 0.05) is 36.6 Å². The standard InChI is InChI=1S/C22H22N4O3S/c27-22(18-8-6-17(7-9-18)19-14-23-16-24-15-19)26-12-10-20(11-13-26)25-30(28,29)21-4-2-1-3-5-21/h1-9,14-16,20H,10-13H2,(H-,25,28,29). The van der Waals surface area contributed by atoms with E-state index in [0.29, 0.717) is 31.5 Å². The SMILES string of the molecule is O=C(c1ccc(-c2cncnc2)cc1)N1CCC(N[S+](=O)([O-])c2ccccc2)CC1. The Kier molecular flexibility index (Phi) is 5.98. The van der Waals surface area contributed by atoms with Crippen LogP contribution in [0.25, 0.3) is 11.1 Å². The number of hydrogen-bond acceptors (Lipinski definition) is 5. The number of nitrogens with zero attached hydrogens (tertiary/aromatic N) is 3. The van der Waals surface area contributed by atoms with Gasteiger partial charge in [0.1, 0.15) is 6.33 Å². The van der Waals surface area contributed by atoms with Crippen LogP contribution in [0.4, 0.5) is 0 Å². The minimum Gasteiger partial charge on any atom is -0.593 e. The Morgan fingerprint density at radius 2 is 1.60 bits per heavy atom. The molecule has 3 aromatic rings. The first kappa shape index (κ1) is 20.3. The van der Waals surface area contributed by atoms with Crippen LogP contribution in [-0.2, 0) is 14.6 Å². The van der Waals surface area contributed by atoms with Crippen molar-refractivity contribution >= 4 is 16.3 Å². The molecule has 0 bridgehead atoms. The molecule has 0 aliphatic carbocycles. The average Bonchev–Trinajstić information content (AvgIpc) is 2.80. The van der Waals surface area contributed by atoms with Gasteiger partial charge in [-0.25, -0.2) is 9.97 Å². The van der Waals surface area contributed by atoms with E-state index in [1.54, 1.807) is 59.8 Å². The average molecular weight is 423 g/mol. The van der Waals surface area contributed by atoms with Crippen molar-refractivity contribution in [3.05, 3.63) is 78.9 Å². The fourth-order valence-electron chi connectivity index (χ4n) is 3.52. The molecule has 1 N–H and O–H groups in total. The van der Waals surface area contributed by atoms with Gasteiger partial charge in [-0.3, -0.25) is 4.79 Å². The Balaban J connectivity index is 1.35.